The molecule has 0 aliphatic carbocycles. The van der Waals surface area contributed by atoms with Crippen molar-refractivity contribution >= 4 is 16.7 Å². The van der Waals surface area contributed by atoms with E-state index in [9.17, 15) is 9.59 Å². The van der Waals surface area contributed by atoms with E-state index >= 15 is 0 Å². The normalized spacial score (nSPS) is 10.6. The molecule has 0 unspecified atom stereocenters. The first-order valence-electron chi connectivity index (χ1n) is 5.46. The van der Waals surface area contributed by atoms with Gasteiger partial charge in [-0.2, -0.15) is 0 Å². The van der Waals surface area contributed by atoms with Crippen LogP contribution >= 0.6 is 0 Å². The third-order valence-electron chi connectivity index (χ3n) is 2.76. The highest BCUT2D eigenvalue weighted by Crippen LogP contribution is 2.12. The molecule has 1 aromatic heterocycles. The minimum absolute atomic E-state index is 0.234. The second-order valence-electron chi connectivity index (χ2n) is 3.86. The minimum atomic E-state index is -1.00. The highest BCUT2D eigenvalue weighted by molar-refractivity contribution is 5.82. The van der Waals surface area contributed by atoms with E-state index in [1.165, 1.54) is 4.57 Å². The minimum Gasteiger partial charge on any atom is -0.480 e. The van der Waals surface area contributed by atoms with Crippen LogP contribution in [0, 0.1) is 0 Å². The lowest BCUT2D eigenvalue weighted by atomic mass is 10.1. The van der Waals surface area contributed by atoms with Crippen LogP contribution in [-0.2, 0) is 17.8 Å². The summed E-state index contributed by atoms with van der Waals surface area (Å²) < 4.78 is 1.32. The zero-order chi connectivity index (χ0) is 12.4. The number of aryl methyl sites for hydroxylation is 1. The van der Waals surface area contributed by atoms with Gasteiger partial charge >= 0.3 is 5.97 Å². The van der Waals surface area contributed by atoms with Gasteiger partial charge in [-0.25, -0.2) is 0 Å². The van der Waals surface area contributed by atoms with E-state index < -0.39 is 5.97 Å². The Morgan fingerprint density at radius 1 is 1.35 bits per heavy atom. The van der Waals surface area contributed by atoms with E-state index in [0.717, 1.165) is 11.1 Å². The number of aromatic nitrogens is 1. The monoisotopic (exact) mass is 231 g/mol. The lowest BCUT2D eigenvalue weighted by molar-refractivity contribution is -0.137. The Balaban J connectivity index is 2.76. The molecule has 2 aromatic rings. The number of carboxylic acids is 1. The molecule has 2 rings (SSSR count). The highest BCUT2D eigenvalue weighted by atomic mass is 16.4. The predicted octanol–water partition coefficient (Wildman–Crippen LogP) is 1.65. The summed E-state index contributed by atoms with van der Waals surface area (Å²) in [5, 5.41) is 10.2. The zero-order valence-corrected chi connectivity index (χ0v) is 9.51. The highest BCUT2D eigenvalue weighted by Gasteiger charge is 2.10. The number of carboxylic acid groups (broad SMARTS) is 1. The lowest BCUT2D eigenvalue weighted by Gasteiger charge is -2.10. The van der Waals surface area contributed by atoms with Crippen LogP contribution in [0.15, 0.2) is 35.1 Å². The molecule has 0 aliphatic rings. The molecule has 1 heterocycles. The largest absolute Gasteiger partial charge is 0.480 e. The Bertz CT molecular complexity index is 628. The van der Waals surface area contributed by atoms with Gasteiger partial charge in [0, 0.05) is 11.1 Å². The smallest absolute Gasteiger partial charge is 0.323 e. The summed E-state index contributed by atoms with van der Waals surface area (Å²) in [4.78, 5) is 22.9. The molecule has 4 heteroatoms. The molecule has 4 nitrogen and oxygen atoms in total. The van der Waals surface area contributed by atoms with Crippen molar-refractivity contribution in [1.29, 1.82) is 0 Å². The van der Waals surface area contributed by atoms with Crippen LogP contribution in [-0.4, -0.2) is 15.6 Å². The molecule has 17 heavy (non-hydrogen) atoms. The summed E-state index contributed by atoms with van der Waals surface area (Å²) in [5.74, 6) is -1.00. The van der Waals surface area contributed by atoms with Crippen LogP contribution in [0.3, 0.4) is 0 Å². The summed E-state index contributed by atoms with van der Waals surface area (Å²) in [6.45, 7) is 1.62. The molecule has 0 aliphatic heterocycles. The topological polar surface area (TPSA) is 59.3 Å². The van der Waals surface area contributed by atoms with Crippen molar-refractivity contribution in [2.45, 2.75) is 19.9 Å². The number of benzene rings is 1. The van der Waals surface area contributed by atoms with Gasteiger partial charge in [-0.15, -0.1) is 0 Å². The van der Waals surface area contributed by atoms with E-state index in [-0.39, 0.29) is 12.1 Å². The van der Waals surface area contributed by atoms with Crippen molar-refractivity contribution in [2.75, 3.05) is 0 Å². The van der Waals surface area contributed by atoms with Crippen molar-refractivity contribution in [3.63, 3.8) is 0 Å². The molecular weight excluding hydrogens is 218 g/mol. The molecule has 1 aromatic carbocycles. The fourth-order valence-electron chi connectivity index (χ4n) is 1.95. The van der Waals surface area contributed by atoms with Crippen molar-refractivity contribution in [1.82, 2.24) is 4.57 Å². The van der Waals surface area contributed by atoms with E-state index in [4.69, 9.17) is 5.11 Å². The molecule has 88 valence electrons. The average molecular weight is 231 g/mol. The maximum atomic E-state index is 12.1. The quantitative estimate of drug-likeness (QED) is 0.873. The van der Waals surface area contributed by atoms with Crippen LogP contribution in [0.1, 0.15) is 12.6 Å². The van der Waals surface area contributed by atoms with Gasteiger partial charge in [0.15, 0.2) is 0 Å². The first-order valence-corrected chi connectivity index (χ1v) is 5.46. The first-order chi connectivity index (χ1) is 8.13. The molecule has 0 bridgehead atoms. The van der Waals surface area contributed by atoms with Crippen LogP contribution in [0.4, 0.5) is 0 Å². The van der Waals surface area contributed by atoms with Crippen LogP contribution in [0.5, 0.6) is 0 Å². The van der Waals surface area contributed by atoms with Gasteiger partial charge in [0.2, 0.25) is 0 Å². The number of aliphatic carboxylic acids is 1. The number of hydrogen-bond acceptors (Lipinski definition) is 2. The number of nitrogens with zero attached hydrogens (tertiary/aromatic N) is 1. The molecule has 0 saturated carbocycles. The molecule has 1 N–H and O–H groups in total. The van der Waals surface area contributed by atoms with E-state index in [1.54, 1.807) is 12.1 Å². The fraction of sp³-hybridized carbons (Fsp3) is 0.231. The summed E-state index contributed by atoms with van der Waals surface area (Å²) in [5.41, 5.74) is 0.512. The molecule has 0 atom stereocenters. The molecule has 0 fully saturated rings. The molecule has 0 amide bonds. The zero-order valence-electron chi connectivity index (χ0n) is 9.51. The second-order valence-corrected chi connectivity index (χ2v) is 3.86. The Labute approximate surface area is 98.1 Å². The molecule has 0 radical (unpaired) electrons. The van der Waals surface area contributed by atoms with Gasteiger partial charge in [0.05, 0.1) is 0 Å². The number of rotatable bonds is 3. The number of fused-ring (bicyclic) bond motifs is 1. The Morgan fingerprint density at radius 2 is 2.06 bits per heavy atom. The van der Waals surface area contributed by atoms with E-state index in [0.29, 0.717) is 11.8 Å². The number of carbonyl (C=O) groups is 1. The molecule has 0 spiro atoms. The maximum absolute atomic E-state index is 12.1. The van der Waals surface area contributed by atoms with Crippen LogP contribution < -0.4 is 5.56 Å². The van der Waals surface area contributed by atoms with Crippen molar-refractivity contribution in [3.05, 3.63) is 46.4 Å². The standard InChI is InChI=1S/C13H13NO3/c1-2-10-7-9-5-3-4-6-11(9)13(17)14(10)8-12(15)16/h3-7H,2,8H2,1H3,(H,15,16). The third kappa shape index (κ3) is 2.06. The number of pyridine rings is 1. The van der Waals surface area contributed by atoms with Crippen molar-refractivity contribution < 1.29 is 9.90 Å². The van der Waals surface area contributed by atoms with E-state index in [2.05, 4.69) is 0 Å². The maximum Gasteiger partial charge on any atom is 0.323 e. The Hall–Kier alpha value is -2.10. The van der Waals surface area contributed by atoms with Gasteiger partial charge < -0.3 is 9.67 Å². The van der Waals surface area contributed by atoms with Gasteiger partial charge in [0.1, 0.15) is 6.54 Å². The summed E-state index contributed by atoms with van der Waals surface area (Å²) >= 11 is 0. The molecule has 0 saturated heterocycles. The summed E-state index contributed by atoms with van der Waals surface area (Å²) in [6, 6.07) is 9.10. The summed E-state index contributed by atoms with van der Waals surface area (Å²) in [7, 11) is 0. The van der Waals surface area contributed by atoms with Gasteiger partial charge in [-0.1, -0.05) is 25.1 Å². The van der Waals surface area contributed by atoms with Crippen LogP contribution in [0.25, 0.3) is 10.8 Å². The summed E-state index contributed by atoms with van der Waals surface area (Å²) in [6.07, 6.45) is 0.632. The van der Waals surface area contributed by atoms with Crippen molar-refractivity contribution in [2.24, 2.45) is 0 Å². The third-order valence-corrected chi connectivity index (χ3v) is 2.76. The Morgan fingerprint density at radius 3 is 2.71 bits per heavy atom. The Kier molecular flexibility index (Phi) is 2.95. The van der Waals surface area contributed by atoms with Crippen LogP contribution in [0.2, 0.25) is 0 Å². The molecular formula is C13H13NO3. The van der Waals surface area contributed by atoms with Crippen molar-refractivity contribution in [3.8, 4) is 0 Å². The SMILES string of the molecule is CCc1cc2ccccc2c(=O)n1CC(=O)O. The second kappa shape index (κ2) is 4.41. The average Bonchev–Trinajstić information content (AvgIpc) is 2.32. The van der Waals surface area contributed by atoms with Gasteiger partial charge in [-0.05, 0) is 23.9 Å². The van der Waals surface area contributed by atoms with E-state index in [1.807, 2.05) is 25.1 Å². The number of hydrogen-bond donors (Lipinski definition) is 1. The first kappa shape index (κ1) is 11.4. The van der Waals surface area contributed by atoms with Gasteiger partial charge in [0.25, 0.3) is 5.56 Å². The lowest BCUT2D eigenvalue weighted by Crippen LogP contribution is -2.27. The predicted molar refractivity (Wildman–Crippen MR) is 65.2 cm³/mol. The van der Waals surface area contributed by atoms with Gasteiger partial charge in [-0.3, -0.25) is 9.59 Å². The fourth-order valence-corrected chi connectivity index (χ4v) is 1.95.